The van der Waals surface area contributed by atoms with E-state index in [9.17, 15) is 5.11 Å². The molecule has 0 saturated carbocycles. The first-order valence-electron chi connectivity index (χ1n) is 5.03. The van der Waals surface area contributed by atoms with Crippen LogP contribution in [0.1, 0.15) is 20.8 Å². The lowest BCUT2D eigenvalue weighted by molar-refractivity contribution is -0.180. The Morgan fingerprint density at radius 2 is 2.33 bits per heavy atom. The molecule has 3 nitrogen and oxygen atoms in total. The maximum absolute atomic E-state index is 9.42. The van der Waals surface area contributed by atoms with Crippen LogP contribution in [0.4, 0.5) is 0 Å². The van der Waals surface area contributed by atoms with Crippen LogP contribution in [0.25, 0.3) is 0 Å². The fraction of sp³-hybridized carbons (Fsp3) is 0.636. The zero-order chi connectivity index (χ0) is 11.5. The fourth-order valence-corrected chi connectivity index (χ4v) is 1.48. The third kappa shape index (κ3) is 4.69. The Morgan fingerprint density at radius 3 is 2.87 bits per heavy atom. The summed E-state index contributed by atoms with van der Waals surface area (Å²) in [6.07, 6.45) is 5.74. The van der Waals surface area contributed by atoms with Gasteiger partial charge in [0.25, 0.3) is 0 Å². The first-order chi connectivity index (χ1) is 6.88. The lowest BCUT2D eigenvalue weighted by atomic mass is 10.0. The van der Waals surface area contributed by atoms with Crippen LogP contribution < -0.4 is 5.32 Å². The van der Waals surface area contributed by atoms with Crippen LogP contribution in [0.2, 0.25) is 0 Å². The summed E-state index contributed by atoms with van der Waals surface area (Å²) in [5, 5.41) is 12.4. The molecule has 0 amide bonds. The van der Waals surface area contributed by atoms with Gasteiger partial charge in [0.2, 0.25) is 0 Å². The number of rotatable bonds is 4. The average Bonchev–Trinajstić information content (AvgIpc) is 2.13. The number of allylic oxidation sites excluding steroid dienone is 1. The lowest BCUT2D eigenvalue weighted by Crippen LogP contribution is -2.27. The third-order valence-corrected chi connectivity index (χ3v) is 2.38. The molecule has 0 bridgehead atoms. The first-order valence-corrected chi connectivity index (χ1v) is 5.47. The van der Waals surface area contributed by atoms with Crippen LogP contribution in [0.3, 0.4) is 0 Å². The predicted molar refractivity (Wildman–Crippen MR) is 61.4 cm³/mol. The van der Waals surface area contributed by atoms with Gasteiger partial charge in [0.1, 0.15) is 5.50 Å². The molecule has 0 aromatic carbocycles. The number of hydrogen-bond acceptors (Lipinski definition) is 3. The Balaban J connectivity index is 2.47. The summed E-state index contributed by atoms with van der Waals surface area (Å²) in [6.45, 7) is 5.76. The highest BCUT2D eigenvalue weighted by Crippen LogP contribution is 2.19. The van der Waals surface area contributed by atoms with E-state index >= 15 is 0 Å². The molecule has 86 valence electrons. The number of hydrogen-bond donors (Lipinski definition) is 2. The molecule has 0 spiro atoms. The van der Waals surface area contributed by atoms with Gasteiger partial charge >= 0.3 is 0 Å². The van der Waals surface area contributed by atoms with Crippen molar-refractivity contribution >= 4 is 11.6 Å². The Morgan fingerprint density at radius 1 is 1.67 bits per heavy atom. The quantitative estimate of drug-likeness (QED) is 0.442. The second-order valence-corrected chi connectivity index (χ2v) is 4.70. The lowest BCUT2D eigenvalue weighted by Gasteiger charge is -2.23. The molecule has 2 N–H and O–H groups in total. The highest BCUT2D eigenvalue weighted by molar-refractivity contribution is 6.21. The smallest absolute Gasteiger partial charge is 0.159 e. The van der Waals surface area contributed by atoms with E-state index in [2.05, 4.69) is 5.32 Å². The number of ether oxygens (including phenoxy) is 1. The molecule has 0 radical (unpaired) electrons. The van der Waals surface area contributed by atoms with Gasteiger partial charge in [0, 0.05) is 5.92 Å². The van der Waals surface area contributed by atoms with Gasteiger partial charge in [0.15, 0.2) is 5.79 Å². The van der Waals surface area contributed by atoms with Gasteiger partial charge in [0.05, 0.1) is 6.61 Å². The molecule has 1 aliphatic heterocycles. The summed E-state index contributed by atoms with van der Waals surface area (Å²) in [6, 6.07) is 0. The zero-order valence-electron chi connectivity index (χ0n) is 9.33. The van der Waals surface area contributed by atoms with Crippen LogP contribution in [-0.4, -0.2) is 23.0 Å². The van der Waals surface area contributed by atoms with Crippen molar-refractivity contribution in [1.82, 2.24) is 5.32 Å². The van der Waals surface area contributed by atoms with E-state index in [1.807, 2.05) is 25.3 Å². The summed E-state index contributed by atoms with van der Waals surface area (Å²) >= 11 is 5.92. The first kappa shape index (κ1) is 12.6. The van der Waals surface area contributed by atoms with Crippen molar-refractivity contribution in [1.29, 1.82) is 0 Å². The van der Waals surface area contributed by atoms with Crippen LogP contribution in [-0.2, 0) is 4.74 Å². The Labute approximate surface area is 95.8 Å². The van der Waals surface area contributed by atoms with E-state index in [1.165, 1.54) is 0 Å². The maximum Gasteiger partial charge on any atom is 0.159 e. The van der Waals surface area contributed by atoms with E-state index in [0.29, 0.717) is 6.61 Å². The Hall–Kier alpha value is -0.510. The summed E-state index contributed by atoms with van der Waals surface area (Å²) < 4.78 is 5.30. The van der Waals surface area contributed by atoms with Crippen molar-refractivity contribution in [3.05, 3.63) is 23.9 Å². The van der Waals surface area contributed by atoms with Gasteiger partial charge in [-0.15, -0.1) is 0 Å². The molecule has 1 heterocycles. The molecule has 0 saturated heterocycles. The van der Waals surface area contributed by atoms with Gasteiger partial charge in [-0.2, -0.15) is 0 Å². The van der Waals surface area contributed by atoms with Crippen molar-refractivity contribution in [3.8, 4) is 0 Å². The van der Waals surface area contributed by atoms with Crippen LogP contribution in [0.15, 0.2) is 23.9 Å². The van der Waals surface area contributed by atoms with Crippen LogP contribution >= 0.6 is 11.6 Å². The SMILES string of the molecule is CC(COC(C)(C)O)C1=CC(Cl)NC=C1. The van der Waals surface area contributed by atoms with Crippen molar-refractivity contribution in [2.75, 3.05) is 6.61 Å². The monoisotopic (exact) mass is 231 g/mol. The topological polar surface area (TPSA) is 41.5 Å². The number of nitrogens with one attached hydrogen (secondary N) is 1. The summed E-state index contributed by atoms with van der Waals surface area (Å²) in [4.78, 5) is 0. The van der Waals surface area contributed by atoms with Crippen molar-refractivity contribution in [2.45, 2.75) is 32.1 Å². The molecule has 0 aliphatic carbocycles. The highest BCUT2D eigenvalue weighted by Gasteiger charge is 2.17. The van der Waals surface area contributed by atoms with Crippen molar-refractivity contribution in [2.24, 2.45) is 5.92 Å². The minimum absolute atomic E-state index is 0.158. The van der Waals surface area contributed by atoms with Gasteiger partial charge in [-0.1, -0.05) is 18.5 Å². The molecule has 2 atom stereocenters. The van der Waals surface area contributed by atoms with Gasteiger partial charge in [-0.05, 0) is 37.8 Å². The van der Waals surface area contributed by atoms with E-state index in [-0.39, 0.29) is 11.4 Å². The second kappa shape index (κ2) is 5.01. The molecule has 0 aromatic heterocycles. The summed E-state index contributed by atoms with van der Waals surface area (Å²) in [7, 11) is 0. The Bertz CT molecular complexity index is 268. The van der Waals surface area contributed by atoms with E-state index in [0.717, 1.165) is 5.57 Å². The van der Waals surface area contributed by atoms with E-state index < -0.39 is 5.79 Å². The van der Waals surface area contributed by atoms with Crippen LogP contribution in [0, 0.1) is 5.92 Å². The molecule has 2 unspecified atom stereocenters. The molecule has 1 aliphatic rings. The highest BCUT2D eigenvalue weighted by atomic mass is 35.5. The number of aliphatic hydroxyl groups is 1. The average molecular weight is 232 g/mol. The van der Waals surface area contributed by atoms with Crippen LogP contribution in [0.5, 0.6) is 0 Å². The van der Waals surface area contributed by atoms with Gasteiger partial charge < -0.3 is 15.2 Å². The summed E-state index contributed by atoms with van der Waals surface area (Å²) in [5.74, 6) is -0.859. The molecule has 15 heavy (non-hydrogen) atoms. The number of alkyl halides is 1. The zero-order valence-corrected chi connectivity index (χ0v) is 10.1. The largest absolute Gasteiger partial charge is 0.372 e. The number of dihydropyridines is 1. The molecule has 0 aromatic rings. The molecule has 0 fully saturated rings. The number of halogens is 1. The van der Waals surface area contributed by atoms with E-state index in [4.69, 9.17) is 16.3 Å². The molecule has 4 heteroatoms. The minimum Gasteiger partial charge on any atom is -0.372 e. The Kier molecular flexibility index (Phi) is 4.20. The van der Waals surface area contributed by atoms with Crippen molar-refractivity contribution < 1.29 is 9.84 Å². The standard InChI is InChI=1S/C11H18ClNO2/c1-8(7-15-11(2,3)14)9-4-5-13-10(12)6-9/h4-6,8,10,13-14H,7H2,1-3H3. The van der Waals surface area contributed by atoms with E-state index in [1.54, 1.807) is 13.8 Å². The third-order valence-electron chi connectivity index (χ3n) is 2.13. The fourth-order valence-electron chi connectivity index (χ4n) is 1.26. The maximum atomic E-state index is 9.42. The minimum atomic E-state index is -1.08. The van der Waals surface area contributed by atoms with Gasteiger partial charge in [-0.3, -0.25) is 0 Å². The molecular weight excluding hydrogens is 214 g/mol. The normalized spacial score (nSPS) is 23.3. The second-order valence-electron chi connectivity index (χ2n) is 4.23. The molecule has 1 rings (SSSR count). The molecular formula is C11H18ClNO2. The summed E-state index contributed by atoms with van der Waals surface area (Å²) in [5.41, 5.74) is 0.965. The van der Waals surface area contributed by atoms with Crippen molar-refractivity contribution in [3.63, 3.8) is 0 Å². The predicted octanol–water partition coefficient (Wildman–Crippen LogP) is 1.98. The van der Waals surface area contributed by atoms with Gasteiger partial charge in [-0.25, -0.2) is 0 Å².